The van der Waals surface area contributed by atoms with Gasteiger partial charge < -0.3 is 10.3 Å². The van der Waals surface area contributed by atoms with Crippen LogP contribution < -0.4 is 5.73 Å². The van der Waals surface area contributed by atoms with Crippen LogP contribution >= 0.6 is 0 Å². The van der Waals surface area contributed by atoms with E-state index < -0.39 is 4.92 Å². The molecular weight excluding hydrogens is 246 g/mol. The molecule has 1 aromatic carbocycles. The number of nitrogens with two attached hydrogens (primary N) is 1. The lowest BCUT2D eigenvalue weighted by molar-refractivity contribution is -0.384. The van der Waals surface area contributed by atoms with E-state index in [2.05, 4.69) is 5.16 Å². The van der Waals surface area contributed by atoms with Gasteiger partial charge in [0.05, 0.1) is 4.92 Å². The first kappa shape index (κ1) is 13.1. The zero-order valence-electron chi connectivity index (χ0n) is 10.8. The van der Waals surface area contributed by atoms with Crippen molar-refractivity contribution in [3.63, 3.8) is 0 Å². The topological polar surface area (TPSA) is 95.2 Å². The molecular formula is C13H15N3O3. The summed E-state index contributed by atoms with van der Waals surface area (Å²) in [6, 6.07) is 4.66. The molecule has 0 fully saturated rings. The second-order valence-electron chi connectivity index (χ2n) is 4.38. The molecule has 0 unspecified atom stereocenters. The van der Waals surface area contributed by atoms with Crippen molar-refractivity contribution in [1.82, 2.24) is 5.16 Å². The van der Waals surface area contributed by atoms with Crippen LogP contribution in [0.1, 0.15) is 24.5 Å². The summed E-state index contributed by atoms with van der Waals surface area (Å²) in [4.78, 5) is 10.4. The number of nitro groups is 1. The van der Waals surface area contributed by atoms with E-state index in [9.17, 15) is 10.1 Å². The number of rotatable bonds is 4. The van der Waals surface area contributed by atoms with Gasteiger partial charge in [0.1, 0.15) is 0 Å². The Morgan fingerprint density at radius 1 is 1.47 bits per heavy atom. The molecule has 2 aromatic rings. The third-order valence-corrected chi connectivity index (χ3v) is 3.00. The highest BCUT2D eigenvalue weighted by Gasteiger charge is 2.19. The van der Waals surface area contributed by atoms with Gasteiger partial charge in [0, 0.05) is 23.3 Å². The lowest BCUT2D eigenvalue weighted by atomic mass is 10.0. The van der Waals surface area contributed by atoms with Crippen molar-refractivity contribution in [2.45, 2.75) is 26.7 Å². The minimum atomic E-state index is -0.428. The Labute approximate surface area is 110 Å². The van der Waals surface area contributed by atoms with E-state index in [0.717, 1.165) is 24.0 Å². The molecule has 0 bridgehead atoms. The minimum absolute atomic E-state index is 0.0259. The standard InChI is InChI=1S/C13H15N3O3/c1-3-4-10-12(19-15-13(10)14)11-7-9(16(17)18)6-5-8(11)2/h5-7H,3-4H2,1-2H3,(H2,14,15). The van der Waals surface area contributed by atoms with Crippen LogP contribution in [0.5, 0.6) is 0 Å². The van der Waals surface area contributed by atoms with Crippen LogP contribution in [0, 0.1) is 17.0 Å². The predicted molar refractivity (Wildman–Crippen MR) is 71.7 cm³/mol. The molecule has 2 rings (SSSR count). The molecule has 6 heteroatoms. The van der Waals surface area contributed by atoms with Gasteiger partial charge in [-0.1, -0.05) is 24.6 Å². The number of hydrogen-bond donors (Lipinski definition) is 1. The number of nitrogens with zero attached hydrogens (tertiary/aromatic N) is 2. The zero-order chi connectivity index (χ0) is 14.0. The average Bonchev–Trinajstić information content (AvgIpc) is 2.72. The fraction of sp³-hybridized carbons (Fsp3) is 0.308. The summed E-state index contributed by atoms with van der Waals surface area (Å²) in [5.74, 6) is 0.878. The number of nitro benzene ring substituents is 1. The molecule has 1 aromatic heterocycles. The van der Waals surface area contributed by atoms with Gasteiger partial charge in [-0.05, 0) is 18.9 Å². The van der Waals surface area contributed by atoms with Crippen molar-refractivity contribution in [2.75, 3.05) is 5.73 Å². The molecule has 0 amide bonds. The SMILES string of the molecule is CCCc1c(N)noc1-c1cc([N+](=O)[O-])ccc1C. The maximum atomic E-state index is 10.8. The molecule has 1 heterocycles. The third kappa shape index (κ3) is 2.42. The summed E-state index contributed by atoms with van der Waals surface area (Å²) in [5.41, 5.74) is 8.17. The first-order valence-electron chi connectivity index (χ1n) is 6.04. The minimum Gasteiger partial charge on any atom is -0.381 e. The van der Waals surface area contributed by atoms with Crippen molar-refractivity contribution in [3.8, 4) is 11.3 Å². The van der Waals surface area contributed by atoms with Gasteiger partial charge in [-0.2, -0.15) is 0 Å². The number of benzene rings is 1. The number of hydrogen-bond acceptors (Lipinski definition) is 5. The summed E-state index contributed by atoms with van der Waals surface area (Å²) in [6.45, 7) is 3.89. The first-order valence-corrected chi connectivity index (χ1v) is 6.04. The smallest absolute Gasteiger partial charge is 0.270 e. The molecule has 0 spiro atoms. The molecule has 6 nitrogen and oxygen atoms in total. The number of aromatic nitrogens is 1. The van der Waals surface area contributed by atoms with Crippen LogP contribution in [-0.2, 0) is 6.42 Å². The molecule has 0 radical (unpaired) electrons. The van der Waals surface area contributed by atoms with E-state index in [1.165, 1.54) is 12.1 Å². The summed E-state index contributed by atoms with van der Waals surface area (Å²) in [7, 11) is 0. The summed E-state index contributed by atoms with van der Waals surface area (Å²) >= 11 is 0. The summed E-state index contributed by atoms with van der Waals surface area (Å²) in [6.07, 6.45) is 1.62. The van der Waals surface area contributed by atoms with E-state index in [1.54, 1.807) is 6.07 Å². The largest absolute Gasteiger partial charge is 0.381 e. The highest BCUT2D eigenvalue weighted by atomic mass is 16.6. The zero-order valence-corrected chi connectivity index (χ0v) is 10.8. The normalized spacial score (nSPS) is 10.6. The molecule has 19 heavy (non-hydrogen) atoms. The van der Waals surface area contributed by atoms with Crippen LogP contribution in [0.3, 0.4) is 0 Å². The first-order chi connectivity index (χ1) is 9.04. The molecule has 0 aliphatic rings. The van der Waals surface area contributed by atoms with E-state index in [-0.39, 0.29) is 5.69 Å². The lowest BCUT2D eigenvalue weighted by Crippen LogP contribution is -1.95. The average molecular weight is 261 g/mol. The van der Waals surface area contributed by atoms with Gasteiger partial charge >= 0.3 is 0 Å². The van der Waals surface area contributed by atoms with Gasteiger partial charge in [0.2, 0.25) is 0 Å². The molecule has 0 saturated heterocycles. The van der Waals surface area contributed by atoms with Crippen LogP contribution in [0.2, 0.25) is 0 Å². The Kier molecular flexibility index (Phi) is 3.50. The predicted octanol–water partition coefficient (Wildman–Crippen LogP) is 3.09. The van der Waals surface area contributed by atoms with Crippen molar-refractivity contribution < 1.29 is 9.45 Å². The van der Waals surface area contributed by atoms with Gasteiger partial charge in [-0.25, -0.2) is 0 Å². The molecule has 100 valence electrons. The quantitative estimate of drug-likeness (QED) is 0.674. The van der Waals surface area contributed by atoms with Crippen LogP contribution in [0.25, 0.3) is 11.3 Å². The van der Waals surface area contributed by atoms with Gasteiger partial charge in [0.25, 0.3) is 5.69 Å². The van der Waals surface area contributed by atoms with E-state index in [0.29, 0.717) is 17.1 Å². The highest BCUT2D eigenvalue weighted by molar-refractivity contribution is 5.71. The van der Waals surface area contributed by atoms with Gasteiger partial charge in [-0.3, -0.25) is 10.1 Å². The van der Waals surface area contributed by atoms with Gasteiger partial charge in [0.15, 0.2) is 11.6 Å². The highest BCUT2D eigenvalue weighted by Crippen LogP contribution is 2.33. The molecule has 0 saturated carbocycles. The third-order valence-electron chi connectivity index (χ3n) is 3.00. The van der Waals surface area contributed by atoms with Crippen molar-refractivity contribution >= 4 is 11.5 Å². The molecule has 0 aliphatic heterocycles. The Morgan fingerprint density at radius 2 is 2.21 bits per heavy atom. The van der Waals surface area contributed by atoms with Crippen molar-refractivity contribution in [2.24, 2.45) is 0 Å². The van der Waals surface area contributed by atoms with Crippen LogP contribution in [0.15, 0.2) is 22.7 Å². The Hall–Kier alpha value is -2.37. The second kappa shape index (κ2) is 5.09. The fourth-order valence-corrected chi connectivity index (χ4v) is 1.99. The maximum absolute atomic E-state index is 10.8. The Bertz CT molecular complexity index is 620. The molecule has 0 atom stereocenters. The van der Waals surface area contributed by atoms with E-state index in [1.807, 2.05) is 13.8 Å². The molecule has 2 N–H and O–H groups in total. The summed E-state index contributed by atoms with van der Waals surface area (Å²) in [5, 5.41) is 14.6. The fourth-order valence-electron chi connectivity index (χ4n) is 1.99. The second-order valence-corrected chi connectivity index (χ2v) is 4.38. The summed E-state index contributed by atoms with van der Waals surface area (Å²) < 4.78 is 5.25. The van der Waals surface area contributed by atoms with Crippen LogP contribution in [-0.4, -0.2) is 10.1 Å². The monoisotopic (exact) mass is 261 g/mol. The van der Waals surface area contributed by atoms with Crippen molar-refractivity contribution in [3.05, 3.63) is 39.4 Å². The number of nitrogen functional groups attached to an aromatic ring is 1. The van der Waals surface area contributed by atoms with Gasteiger partial charge in [-0.15, -0.1) is 0 Å². The number of anilines is 1. The lowest BCUT2D eigenvalue weighted by Gasteiger charge is -2.04. The van der Waals surface area contributed by atoms with Crippen molar-refractivity contribution in [1.29, 1.82) is 0 Å². The Morgan fingerprint density at radius 3 is 2.84 bits per heavy atom. The Balaban J connectivity index is 2.58. The molecule has 0 aliphatic carbocycles. The van der Waals surface area contributed by atoms with E-state index >= 15 is 0 Å². The number of non-ortho nitro benzene ring substituents is 1. The van der Waals surface area contributed by atoms with E-state index in [4.69, 9.17) is 10.3 Å². The number of aryl methyl sites for hydroxylation is 1. The maximum Gasteiger partial charge on any atom is 0.270 e. The van der Waals surface area contributed by atoms with Crippen LogP contribution in [0.4, 0.5) is 11.5 Å².